The van der Waals surface area contributed by atoms with E-state index in [1.807, 2.05) is 0 Å². The van der Waals surface area contributed by atoms with Crippen LogP contribution in [-0.4, -0.2) is 82.3 Å². The lowest BCUT2D eigenvalue weighted by atomic mass is 9.89. The molecule has 4 saturated heterocycles. The summed E-state index contributed by atoms with van der Waals surface area (Å²) in [6.07, 6.45) is 26.2. The number of ketones is 1. The molecule has 9 nitrogen and oxygen atoms in total. The number of hydrogen-bond donors (Lipinski definition) is 0. The van der Waals surface area contributed by atoms with Crippen LogP contribution in [0.5, 0.6) is 0 Å². The molecule has 5 heterocycles. The Bertz CT molecular complexity index is 1280. The summed E-state index contributed by atoms with van der Waals surface area (Å²) in [7, 11) is 0. The van der Waals surface area contributed by atoms with E-state index in [2.05, 4.69) is 62.2 Å². The van der Waals surface area contributed by atoms with E-state index >= 15 is 0 Å². The van der Waals surface area contributed by atoms with Crippen molar-refractivity contribution in [3.8, 4) is 0 Å². The lowest BCUT2D eigenvalue weighted by molar-refractivity contribution is -0.203. The molecule has 9 atom stereocenters. The summed E-state index contributed by atoms with van der Waals surface area (Å²) >= 11 is 9.11. The van der Waals surface area contributed by atoms with Gasteiger partial charge in [-0.1, -0.05) is 24.3 Å². The van der Waals surface area contributed by atoms with E-state index in [0.29, 0.717) is 6.42 Å². The smallest absolute Gasteiger partial charge is 0.158 e. The van der Waals surface area contributed by atoms with Crippen molar-refractivity contribution in [2.75, 3.05) is 33.0 Å². The second-order valence-electron chi connectivity index (χ2n) is 15.4. The van der Waals surface area contributed by atoms with Gasteiger partial charge in [-0.15, -0.1) is 11.3 Å². The molecular weight excluding hydrogens is 840 g/mol. The molecule has 0 N–H and O–H groups in total. The molecule has 0 radical (unpaired) electrons. The van der Waals surface area contributed by atoms with Gasteiger partial charge in [0.1, 0.15) is 6.61 Å². The monoisotopic (exact) mass is 900 g/mol. The molecule has 6 rings (SSSR count). The number of thiophene rings is 1. The average Bonchev–Trinajstić information content (AvgIpc) is 3.70. The van der Waals surface area contributed by atoms with Gasteiger partial charge in [0.15, 0.2) is 30.9 Å². The van der Waals surface area contributed by atoms with Crippen molar-refractivity contribution in [1.82, 2.24) is 0 Å². The number of allylic oxidation sites excluding steroid dienone is 2. The Morgan fingerprint density at radius 1 is 0.815 bits per heavy atom. The first-order valence-corrected chi connectivity index (χ1v) is 23.2. The maximum atomic E-state index is 12.5. The molecular formula is C42H62Br2O9S. The van der Waals surface area contributed by atoms with E-state index < -0.39 is 0 Å². The SMILES string of the molecule is O=C(CCC/C=C\C[C@@H]1[C@@H](/C=C/[C@H](CCc2cc(Br)sc2Br)OC2CCCCO2)[C@H](OC2CCCCO2)C[C@@H]1OC1CCCCO1)COC1CCCCO1. The second-order valence-corrected chi connectivity index (χ2v) is 19.2. The topological polar surface area (TPSA) is 90.9 Å². The number of carbonyl (C=O) groups is 1. The largest absolute Gasteiger partial charge is 0.353 e. The number of hydrogen-bond acceptors (Lipinski definition) is 10. The zero-order valence-electron chi connectivity index (χ0n) is 31.9. The summed E-state index contributed by atoms with van der Waals surface area (Å²) in [5, 5.41) is 0. The van der Waals surface area contributed by atoms with Gasteiger partial charge in [-0.2, -0.15) is 0 Å². The molecule has 54 heavy (non-hydrogen) atoms. The lowest BCUT2D eigenvalue weighted by Crippen LogP contribution is -2.31. The molecule has 1 saturated carbocycles. The van der Waals surface area contributed by atoms with Crippen LogP contribution in [0, 0.1) is 11.8 Å². The van der Waals surface area contributed by atoms with E-state index in [1.54, 1.807) is 11.3 Å². The predicted molar refractivity (Wildman–Crippen MR) is 216 cm³/mol. The van der Waals surface area contributed by atoms with Crippen molar-refractivity contribution < 1.29 is 42.7 Å². The molecule has 1 aromatic rings. The van der Waals surface area contributed by atoms with Gasteiger partial charge in [-0.3, -0.25) is 4.79 Å². The molecule has 4 unspecified atom stereocenters. The van der Waals surface area contributed by atoms with E-state index in [9.17, 15) is 4.79 Å². The minimum absolute atomic E-state index is 0.0121. The summed E-state index contributed by atoms with van der Waals surface area (Å²) in [6, 6.07) is 2.20. The Morgan fingerprint density at radius 3 is 2.06 bits per heavy atom. The molecule has 1 aliphatic carbocycles. The van der Waals surface area contributed by atoms with Crippen LogP contribution in [0.25, 0.3) is 0 Å². The van der Waals surface area contributed by atoms with Gasteiger partial charge in [0.05, 0.1) is 25.9 Å². The molecule has 0 amide bonds. The minimum Gasteiger partial charge on any atom is -0.353 e. The summed E-state index contributed by atoms with van der Waals surface area (Å²) in [4.78, 5) is 12.5. The first-order valence-electron chi connectivity index (χ1n) is 20.8. The highest BCUT2D eigenvalue weighted by molar-refractivity contribution is 9.12. The summed E-state index contributed by atoms with van der Waals surface area (Å²) in [6.45, 7) is 3.10. The fourth-order valence-corrected chi connectivity index (χ4v) is 11.1. The molecule has 1 aromatic heterocycles. The zero-order chi connectivity index (χ0) is 37.4. The zero-order valence-corrected chi connectivity index (χ0v) is 35.9. The molecule has 0 aromatic carbocycles. The third-order valence-corrected chi connectivity index (χ3v) is 13.7. The van der Waals surface area contributed by atoms with Crippen LogP contribution in [0.2, 0.25) is 0 Å². The van der Waals surface area contributed by atoms with Crippen LogP contribution >= 0.6 is 43.2 Å². The third-order valence-electron chi connectivity index (χ3n) is 11.2. The summed E-state index contributed by atoms with van der Waals surface area (Å²) in [5.74, 6) is 0.435. The van der Waals surface area contributed by atoms with Crippen molar-refractivity contribution >= 4 is 49.0 Å². The van der Waals surface area contributed by atoms with Gasteiger partial charge in [-0.05, 0) is 159 Å². The van der Waals surface area contributed by atoms with Crippen molar-refractivity contribution in [3.05, 3.63) is 43.5 Å². The van der Waals surface area contributed by atoms with Crippen molar-refractivity contribution in [2.24, 2.45) is 11.8 Å². The van der Waals surface area contributed by atoms with Crippen LogP contribution in [0.15, 0.2) is 37.9 Å². The molecule has 0 spiro atoms. The highest BCUT2D eigenvalue weighted by Crippen LogP contribution is 2.42. The van der Waals surface area contributed by atoms with Gasteiger partial charge in [-0.25, -0.2) is 0 Å². The second kappa shape index (κ2) is 23.8. The van der Waals surface area contributed by atoms with E-state index in [4.69, 9.17) is 37.9 Å². The number of rotatable bonds is 20. The van der Waals surface area contributed by atoms with Crippen LogP contribution < -0.4 is 0 Å². The van der Waals surface area contributed by atoms with Crippen LogP contribution in [-0.2, 0) is 49.1 Å². The molecule has 0 bridgehead atoms. The van der Waals surface area contributed by atoms with Gasteiger partial charge < -0.3 is 37.9 Å². The number of Topliss-reactive ketones (excluding diaryl/α,β-unsaturated/α-hetero) is 1. The van der Waals surface area contributed by atoms with Crippen LogP contribution in [0.1, 0.15) is 121 Å². The Kier molecular flexibility index (Phi) is 19.0. The Morgan fingerprint density at radius 2 is 1.44 bits per heavy atom. The number of unbranched alkanes of at least 4 members (excludes halogenated alkanes) is 1. The lowest BCUT2D eigenvalue weighted by Gasteiger charge is -2.30. The maximum absolute atomic E-state index is 12.5. The Balaban J connectivity index is 1.13. The first-order chi connectivity index (χ1) is 26.5. The van der Waals surface area contributed by atoms with Gasteiger partial charge in [0.2, 0.25) is 0 Å². The summed E-state index contributed by atoms with van der Waals surface area (Å²) in [5.41, 5.74) is 1.28. The van der Waals surface area contributed by atoms with E-state index in [0.717, 1.165) is 150 Å². The molecule has 5 aliphatic rings. The van der Waals surface area contributed by atoms with Crippen LogP contribution in [0.4, 0.5) is 0 Å². The Hall–Kier alpha value is -0.510. The molecule has 4 aliphatic heterocycles. The standard InChI is InChI=1S/C42H62Br2O9S/c43-37-27-30(42(44)54-37)19-20-32(51-39-16-6-10-24-47-39)21-22-34-33(14-4-2-1-3-13-31(45)29-50-38-15-5-9-23-46-38)35(52-40-17-7-11-25-48-40)28-36(34)53-41-18-8-12-26-49-41/h2,4,21-22,27,32-36,38-41H,1,3,5-20,23-26,28-29H2/b4-2-,22-21+/t32-,33+,34+,35-,36+,38?,39?,40?,41?/m0/s1. The Labute approximate surface area is 343 Å². The van der Waals surface area contributed by atoms with E-state index in [1.165, 1.54) is 5.56 Å². The predicted octanol–water partition coefficient (Wildman–Crippen LogP) is 10.4. The summed E-state index contributed by atoms with van der Waals surface area (Å²) < 4.78 is 52.2. The van der Waals surface area contributed by atoms with E-state index in [-0.39, 0.29) is 67.7 Å². The van der Waals surface area contributed by atoms with Crippen molar-refractivity contribution in [3.63, 3.8) is 0 Å². The highest BCUT2D eigenvalue weighted by atomic mass is 79.9. The average molecular weight is 903 g/mol. The molecule has 304 valence electrons. The fraction of sp³-hybridized carbons (Fsp3) is 0.786. The molecule has 12 heteroatoms. The first kappa shape index (κ1) is 43.1. The van der Waals surface area contributed by atoms with Crippen molar-refractivity contribution in [2.45, 2.75) is 165 Å². The minimum atomic E-state index is -0.226. The van der Waals surface area contributed by atoms with Crippen molar-refractivity contribution in [1.29, 1.82) is 0 Å². The number of ether oxygens (including phenoxy) is 8. The van der Waals surface area contributed by atoms with Crippen LogP contribution in [0.3, 0.4) is 0 Å². The quantitative estimate of drug-likeness (QED) is 0.0937. The third kappa shape index (κ3) is 14.4. The normalized spacial score (nSPS) is 31.7. The molecule has 5 fully saturated rings. The van der Waals surface area contributed by atoms with Gasteiger partial charge in [0.25, 0.3) is 0 Å². The number of carbonyl (C=O) groups excluding carboxylic acids is 1. The maximum Gasteiger partial charge on any atom is 0.158 e. The highest BCUT2D eigenvalue weighted by Gasteiger charge is 2.45. The van der Waals surface area contributed by atoms with Gasteiger partial charge >= 0.3 is 0 Å². The van der Waals surface area contributed by atoms with Gasteiger partial charge in [0, 0.05) is 45.2 Å². The number of aryl methyl sites for hydroxylation is 1. The fourth-order valence-electron chi connectivity index (χ4n) is 8.20. The number of halogens is 2.